The number of nitrogens with one attached hydrogen (secondary N) is 1. The highest BCUT2D eigenvalue weighted by Crippen LogP contribution is 2.33. The van der Waals surface area contributed by atoms with Crippen molar-refractivity contribution < 1.29 is 0 Å². The number of nitrogens with zero attached hydrogens (tertiary/aromatic N) is 3. The van der Waals surface area contributed by atoms with Gasteiger partial charge in [-0.1, -0.05) is 35.3 Å². The van der Waals surface area contributed by atoms with Gasteiger partial charge >= 0.3 is 5.69 Å². The van der Waals surface area contributed by atoms with Gasteiger partial charge in [0, 0.05) is 24.8 Å². The Morgan fingerprint density at radius 2 is 1.72 bits per heavy atom. The fraction of sp³-hybridized carbons (Fsp3) is 0.208. The van der Waals surface area contributed by atoms with Crippen molar-refractivity contribution in [1.82, 2.24) is 13.7 Å². The van der Waals surface area contributed by atoms with E-state index in [0.717, 1.165) is 18.4 Å². The molecule has 1 aliphatic rings. The van der Waals surface area contributed by atoms with Crippen molar-refractivity contribution >= 4 is 35.7 Å². The van der Waals surface area contributed by atoms with Gasteiger partial charge in [-0.15, -0.1) is 0 Å². The molecule has 0 bridgehead atoms. The second-order valence-electron chi connectivity index (χ2n) is 8.21. The van der Waals surface area contributed by atoms with E-state index in [1.54, 1.807) is 31.3 Å². The molecule has 32 heavy (non-hydrogen) atoms. The Balaban J connectivity index is 1.89. The van der Waals surface area contributed by atoms with Crippen LogP contribution < -0.4 is 27.6 Å². The second-order valence-corrected chi connectivity index (χ2v) is 8.21. The zero-order valence-electron chi connectivity index (χ0n) is 17.8. The SMILES string of the molecule is [B]c1ccc(Nc2cc(=O)n(C)c3c2c(=O)n(C2CC2)c(=O)n3-c2ccccc2)cc1C. The minimum Gasteiger partial charge on any atom is -0.355 e. The molecule has 1 N–H and O–H groups in total. The number of aryl methyl sites for hydroxylation is 2. The maximum absolute atomic E-state index is 13.6. The van der Waals surface area contributed by atoms with Gasteiger partial charge in [-0.2, -0.15) is 0 Å². The zero-order valence-corrected chi connectivity index (χ0v) is 17.8. The van der Waals surface area contributed by atoms with E-state index in [1.807, 2.05) is 31.2 Å². The number of hydrogen-bond acceptors (Lipinski definition) is 4. The Morgan fingerprint density at radius 1 is 1.00 bits per heavy atom. The molecule has 0 unspecified atom stereocenters. The number of hydrogen-bond donors (Lipinski definition) is 1. The average molecular weight is 424 g/mol. The summed E-state index contributed by atoms with van der Waals surface area (Å²) in [6.07, 6.45) is 1.56. The van der Waals surface area contributed by atoms with Gasteiger partial charge in [-0.05, 0) is 44.0 Å². The minimum absolute atomic E-state index is 0.127. The van der Waals surface area contributed by atoms with Gasteiger partial charge in [0.25, 0.3) is 11.1 Å². The predicted octanol–water partition coefficient (Wildman–Crippen LogP) is 2.03. The van der Waals surface area contributed by atoms with Crippen LogP contribution in [0.25, 0.3) is 16.7 Å². The minimum atomic E-state index is -0.438. The van der Waals surface area contributed by atoms with Gasteiger partial charge in [0.15, 0.2) is 0 Å². The number of pyridine rings is 1. The summed E-state index contributed by atoms with van der Waals surface area (Å²) in [6.45, 7) is 1.88. The Morgan fingerprint density at radius 3 is 2.38 bits per heavy atom. The second kappa shape index (κ2) is 7.41. The highest BCUT2D eigenvalue weighted by molar-refractivity contribution is 6.33. The van der Waals surface area contributed by atoms with Crippen molar-refractivity contribution in [2.45, 2.75) is 25.8 Å². The molecule has 2 aromatic heterocycles. The van der Waals surface area contributed by atoms with E-state index in [4.69, 9.17) is 7.85 Å². The maximum atomic E-state index is 13.6. The van der Waals surface area contributed by atoms with E-state index in [2.05, 4.69) is 5.32 Å². The summed E-state index contributed by atoms with van der Waals surface area (Å²) < 4.78 is 4.12. The van der Waals surface area contributed by atoms with Gasteiger partial charge < -0.3 is 5.32 Å². The van der Waals surface area contributed by atoms with Crippen LogP contribution in [0.15, 0.2) is 69.0 Å². The zero-order chi connectivity index (χ0) is 22.6. The molecule has 0 amide bonds. The van der Waals surface area contributed by atoms with Crippen molar-refractivity contribution in [3.63, 3.8) is 0 Å². The van der Waals surface area contributed by atoms with Crippen LogP contribution in [0.1, 0.15) is 24.4 Å². The monoisotopic (exact) mass is 424 g/mol. The largest absolute Gasteiger partial charge is 0.355 e. The van der Waals surface area contributed by atoms with Crippen LogP contribution >= 0.6 is 0 Å². The first-order valence-electron chi connectivity index (χ1n) is 10.5. The molecule has 2 aromatic carbocycles. The van der Waals surface area contributed by atoms with E-state index >= 15 is 0 Å². The molecular formula is C24H21BN4O3. The van der Waals surface area contributed by atoms with Crippen LogP contribution in [0.5, 0.6) is 0 Å². The van der Waals surface area contributed by atoms with Crippen molar-refractivity contribution in [3.05, 3.63) is 91.4 Å². The highest BCUT2D eigenvalue weighted by atomic mass is 16.2. The lowest BCUT2D eigenvalue weighted by molar-refractivity contribution is 0.637. The van der Waals surface area contributed by atoms with Gasteiger partial charge in [-0.25, -0.2) is 9.36 Å². The maximum Gasteiger partial charge on any atom is 0.337 e. The summed E-state index contributed by atoms with van der Waals surface area (Å²) in [4.78, 5) is 39.9. The quantitative estimate of drug-likeness (QED) is 0.509. The third kappa shape index (κ3) is 3.19. The molecule has 1 aliphatic carbocycles. The topological polar surface area (TPSA) is 78.0 Å². The molecule has 1 fully saturated rings. The first kappa shape index (κ1) is 20.1. The van der Waals surface area contributed by atoms with Crippen molar-refractivity contribution in [2.75, 3.05) is 5.32 Å². The van der Waals surface area contributed by atoms with E-state index in [-0.39, 0.29) is 22.6 Å². The molecule has 7 nitrogen and oxygen atoms in total. The summed E-state index contributed by atoms with van der Waals surface area (Å²) in [5, 5.41) is 3.50. The van der Waals surface area contributed by atoms with E-state index in [9.17, 15) is 14.4 Å². The van der Waals surface area contributed by atoms with Gasteiger partial charge in [-0.3, -0.25) is 18.7 Å². The van der Waals surface area contributed by atoms with Gasteiger partial charge in [0.1, 0.15) is 18.9 Å². The molecule has 0 atom stereocenters. The summed E-state index contributed by atoms with van der Waals surface area (Å²) in [5.41, 5.74) is 2.25. The fourth-order valence-corrected chi connectivity index (χ4v) is 4.04. The first-order valence-corrected chi connectivity index (χ1v) is 10.5. The van der Waals surface area contributed by atoms with Gasteiger partial charge in [0.2, 0.25) is 0 Å². The number of para-hydroxylation sites is 1. The van der Waals surface area contributed by atoms with Gasteiger partial charge in [0.05, 0.1) is 11.4 Å². The number of fused-ring (bicyclic) bond motifs is 1. The Bertz CT molecular complexity index is 1550. The number of aromatic nitrogens is 3. The molecule has 1 saturated carbocycles. The third-order valence-electron chi connectivity index (χ3n) is 5.93. The normalized spacial score (nSPS) is 13.4. The van der Waals surface area contributed by atoms with Crippen LogP contribution in [-0.2, 0) is 7.05 Å². The lowest BCUT2D eigenvalue weighted by atomic mass is 9.91. The molecule has 0 aliphatic heterocycles. The Kier molecular flexibility index (Phi) is 4.66. The van der Waals surface area contributed by atoms with E-state index in [0.29, 0.717) is 22.5 Å². The summed E-state index contributed by atoms with van der Waals surface area (Å²) in [6, 6.07) is 15.7. The molecule has 2 radical (unpaired) electrons. The Labute approximate surface area is 185 Å². The van der Waals surface area contributed by atoms with Crippen molar-refractivity contribution in [1.29, 1.82) is 0 Å². The molecule has 5 rings (SSSR count). The number of benzene rings is 2. The van der Waals surface area contributed by atoms with E-state index < -0.39 is 11.2 Å². The van der Waals surface area contributed by atoms with Crippen molar-refractivity contribution in [3.8, 4) is 5.69 Å². The molecule has 2 heterocycles. The summed E-state index contributed by atoms with van der Waals surface area (Å²) >= 11 is 0. The predicted molar refractivity (Wildman–Crippen MR) is 127 cm³/mol. The summed E-state index contributed by atoms with van der Waals surface area (Å²) in [7, 11) is 7.50. The lowest BCUT2D eigenvalue weighted by Gasteiger charge is -2.19. The first-order chi connectivity index (χ1) is 15.4. The molecule has 4 aromatic rings. The molecule has 0 spiro atoms. The smallest absolute Gasteiger partial charge is 0.337 e. The van der Waals surface area contributed by atoms with Crippen LogP contribution in [0, 0.1) is 6.92 Å². The third-order valence-corrected chi connectivity index (χ3v) is 5.93. The standard InChI is InChI=1S/C24H21BN4O3/c1-14-12-15(8-11-18(14)25)26-19-13-20(30)27(2)22-21(19)23(31)29(17-9-10-17)24(32)28(22)16-6-4-3-5-7-16/h3-8,11-13,17,26H,9-10H2,1-2H3. The molecular weight excluding hydrogens is 403 g/mol. The molecule has 158 valence electrons. The molecule has 0 saturated heterocycles. The molecule has 8 heteroatoms. The lowest BCUT2D eigenvalue weighted by Crippen LogP contribution is -2.41. The van der Waals surface area contributed by atoms with Crippen LogP contribution in [0.4, 0.5) is 11.4 Å². The van der Waals surface area contributed by atoms with Crippen LogP contribution in [0.3, 0.4) is 0 Å². The van der Waals surface area contributed by atoms with Crippen LogP contribution in [0.2, 0.25) is 0 Å². The number of rotatable bonds is 4. The fourth-order valence-electron chi connectivity index (χ4n) is 4.04. The van der Waals surface area contributed by atoms with E-state index in [1.165, 1.54) is 19.8 Å². The average Bonchev–Trinajstić information content (AvgIpc) is 3.60. The highest BCUT2D eigenvalue weighted by Gasteiger charge is 2.30. The summed E-state index contributed by atoms with van der Waals surface area (Å²) in [5.74, 6) is 0. The number of anilines is 2. The van der Waals surface area contributed by atoms with Crippen molar-refractivity contribution in [2.24, 2.45) is 7.05 Å². The Hall–Kier alpha value is -3.81. The van der Waals surface area contributed by atoms with Crippen LogP contribution in [-0.4, -0.2) is 21.5 Å².